The third-order valence-electron chi connectivity index (χ3n) is 2.84. The van der Waals surface area contributed by atoms with Crippen molar-refractivity contribution in [2.24, 2.45) is 0 Å². The summed E-state index contributed by atoms with van der Waals surface area (Å²) in [5.74, 6) is 0. The Kier molecular flexibility index (Phi) is 5.69. The summed E-state index contributed by atoms with van der Waals surface area (Å²) < 4.78 is 0. The number of nitrogen functional groups attached to an aromatic ring is 2. The van der Waals surface area contributed by atoms with E-state index in [4.69, 9.17) is 104 Å². The molecule has 0 bridgehead atoms. The van der Waals surface area contributed by atoms with Crippen LogP contribution >= 0.6 is 92.8 Å². The number of halogens is 8. The number of hydrogen-bond acceptors (Lipinski definition) is 2. The van der Waals surface area contributed by atoms with Crippen LogP contribution in [-0.2, 0) is 0 Å². The fourth-order valence-electron chi connectivity index (χ4n) is 1.74. The van der Waals surface area contributed by atoms with Crippen molar-refractivity contribution in [2.45, 2.75) is 0 Å². The molecule has 0 amide bonds. The highest BCUT2D eigenvalue weighted by molar-refractivity contribution is 6.56. The van der Waals surface area contributed by atoms with Gasteiger partial charge in [0.1, 0.15) is 0 Å². The molecule has 4 N–H and O–H groups in total. The Morgan fingerprint density at radius 3 is 1.09 bits per heavy atom. The van der Waals surface area contributed by atoms with E-state index >= 15 is 0 Å². The first-order valence-corrected chi connectivity index (χ1v) is 8.36. The van der Waals surface area contributed by atoms with Crippen LogP contribution in [0.2, 0.25) is 40.2 Å². The molecule has 2 aromatic rings. The first kappa shape index (κ1) is 18.7. The average Bonchev–Trinajstić information content (AvgIpc) is 2.50. The molecule has 0 saturated heterocycles. The molecular weight excluding hydrogens is 456 g/mol. The fourth-order valence-corrected chi connectivity index (χ4v) is 3.89. The van der Waals surface area contributed by atoms with E-state index in [2.05, 4.69) is 0 Å². The monoisotopic (exact) mass is 456 g/mol. The van der Waals surface area contributed by atoms with Gasteiger partial charge in [-0.15, -0.1) is 0 Å². The topological polar surface area (TPSA) is 52.0 Å². The van der Waals surface area contributed by atoms with Crippen LogP contribution in [-0.4, -0.2) is 0 Å². The van der Waals surface area contributed by atoms with Gasteiger partial charge in [-0.1, -0.05) is 92.8 Å². The van der Waals surface area contributed by atoms with Gasteiger partial charge in [0.15, 0.2) is 0 Å². The Bertz CT molecular complexity index is 677. The predicted octanol–water partition coefficient (Wildman–Crippen LogP) is 7.75. The zero-order valence-electron chi connectivity index (χ0n) is 10.2. The van der Waals surface area contributed by atoms with Crippen molar-refractivity contribution >= 4 is 104 Å². The molecule has 10 heteroatoms. The van der Waals surface area contributed by atoms with Gasteiger partial charge in [0.05, 0.1) is 51.6 Å². The smallest absolute Gasteiger partial charge is 0.0852 e. The van der Waals surface area contributed by atoms with Crippen LogP contribution in [0.25, 0.3) is 11.1 Å². The third-order valence-corrected chi connectivity index (χ3v) is 6.31. The van der Waals surface area contributed by atoms with Crippen LogP contribution in [0.1, 0.15) is 0 Å². The Hall–Kier alpha value is 0.360. The summed E-state index contributed by atoms with van der Waals surface area (Å²) >= 11 is 48.9. The second-order valence-electron chi connectivity index (χ2n) is 4.09. The number of rotatable bonds is 1. The lowest BCUT2D eigenvalue weighted by molar-refractivity contribution is 1.60. The molecule has 0 aliphatic rings. The minimum absolute atomic E-state index is 0.00263. The number of anilines is 2. The van der Waals surface area contributed by atoms with Crippen LogP contribution in [0.4, 0.5) is 11.4 Å². The van der Waals surface area contributed by atoms with E-state index in [1.54, 1.807) is 0 Å². The van der Waals surface area contributed by atoms with Crippen LogP contribution in [0, 0.1) is 0 Å². The molecule has 0 aromatic heterocycles. The standard InChI is InChI=1S/C12H4Cl8N2/c13-3-2(6(16)11(21)10(20)7(3)17)1-4(14)8(18)12(22)9(19)5(1)15/h21-22H2. The lowest BCUT2D eigenvalue weighted by Crippen LogP contribution is -1.97. The minimum atomic E-state index is -0.00330. The quantitative estimate of drug-likeness (QED) is 0.260. The third kappa shape index (κ3) is 2.78. The molecule has 118 valence electrons. The highest BCUT2D eigenvalue weighted by atomic mass is 35.5. The van der Waals surface area contributed by atoms with Crippen LogP contribution in [0.15, 0.2) is 0 Å². The maximum absolute atomic E-state index is 6.21. The molecule has 0 heterocycles. The lowest BCUT2D eigenvalue weighted by Gasteiger charge is -2.18. The van der Waals surface area contributed by atoms with Crippen molar-refractivity contribution in [2.75, 3.05) is 11.5 Å². The van der Waals surface area contributed by atoms with Crippen molar-refractivity contribution in [3.05, 3.63) is 40.2 Å². The summed E-state index contributed by atoms with van der Waals surface area (Å²) in [6, 6.07) is 0. The molecule has 0 aliphatic carbocycles. The van der Waals surface area contributed by atoms with Gasteiger partial charge in [-0.2, -0.15) is 0 Å². The molecule has 0 fully saturated rings. The Morgan fingerprint density at radius 2 is 0.636 bits per heavy atom. The average molecular weight is 460 g/mol. The van der Waals surface area contributed by atoms with Gasteiger partial charge < -0.3 is 11.5 Å². The van der Waals surface area contributed by atoms with Gasteiger partial charge in [-0.3, -0.25) is 0 Å². The van der Waals surface area contributed by atoms with Gasteiger partial charge in [0.2, 0.25) is 0 Å². The van der Waals surface area contributed by atoms with Crippen molar-refractivity contribution in [3.8, 4) is 11.1 Å². The predicted molar refractivity (Wildman–Crippen MR) is 101 cm³/mol. The fraction of sp³-hybridized carbons (Fsp3) is 0. The molecule has 0 unspecified atom stereocenters. The zero-order chi connectivity index (χ0) is 16.9. The summed E-state index contributed by atoms with van der Waals surface area (Å²) in [4.78, 5) is 0. The molecule has 0 aliphatic heterocycles. The van der Waals surface area contributed by atoms with E-state index < -0.39 is 0 Å². The number of nitrogens with two attached hydrogens (primary N) is 2. The largest absolute Gasteiger partial charge is 0.396 e. The van der Waals surface area contributed by atoms with Gasteiger partial charge >= 0.3 is 0 Å². The summed E-state index contributed by atoms with van der Waals surface area (Å²) in [7, 11) is 0. The summed E-state index contributed by atoms with van der Waals surface area (Å²) in [6.45, 7) is 0. The van der Waals surface area contributed by atoms with Crippen molar-refractivity contribution in [3.63, 3.8) is 0 Å². The first-order chi connectivity index (χ1) is 10.1. The lowest BCUT2D eigenvalue weighted by atomic mass is 10.0. The molecule has 22 heavy (non-hydrogen) atoms. The Labute approximate surface area is 166 Å². The van der Waals surface area contributed by atoms with Gasteiger partial charge in [-0.25, -0.2) is 0 Å². The second kappa shape index (κ2) is 6.70. The highest BCUT2D eigenvalue weighted by Gasteiger charge is 2.27. The summed E-state index contributed by atoms with van der Waals surface area (Å²) in [6.07, 6.45) is 0. The van der Waals surface area contributed by atoms with E-state index in [-0.39, 0.29) is 62.7 Å². The van der Waals surface area contributed by atoms with Crippen LogP contribution in [0.5, 0.6) is 0 Å². The van der Waals surface area contributed by atoms with Crippen molar-refractivity contribution in [1.29, 1.82) is 0 Å². The minimum Gasteiger partial charge on any atom is -0.396 e. The van der Waals surface area contributed by atoms with E-state index in [0.29, 0.717) is 0 Å². The normalized spacial score (nSPS) is 11.1. The molecule has 2 aromatic carbocycles. The Balaban J connectivity index is 3.03. The summed E-state index contributed by atoms with van der Waals surface area (Å²) in [5.41, 5.74) is 11.9. The van der Waals surface area contributed by atoms with Gasteiger partial charge in [-0.05, 0) is 0 Å². The van der Waals surface area contributed by atoms with Gasteiger partial charge in [0.25, 0.3) is 0 Å². The Morgan fingerprint density at radius 1 is 0.364 bits per heavy atom. The number of hydrogen-bond donors (Lipinski definition) is 2. The molecular formula is C12H4Cl8N2. The van der Waals surface area contributed by atoms with E-state index in [0.717, 1.165) is 0 Å². The SMILES string of the molecule is Nc1c(Cl)c(Cl)c(-c2c(Cl)c(N)c(Cl)c(Cl)c2Cl)c(Cl)c1Cl. The highest BCUT2D eigenvalue weighted by Crippen LogP contribution is 2.54. The van der Waals surface area contributed by atoms with Crippen molar-refractivity contribution in [1.82, 2.24) is 0 Å². The van der Waals surface area contributed by atoms with E-state index in [9.17, 15) is 0 Å². The molecule has 0 radical (unpaired) electrons. The number of benzene rings is 2. The molecule has 2 nitrogen and oxygen atoms in total. The molecule has 0 saturated carbocycles. The molecule has 0 atom stereocenters. The van der Waals surface area contributed by atoms with Crippen LogP contribution < -0.4 is 11.5 Å². The maximum Gasteiger partial charge on any atom is 0.0852 e. The van der Waals surface area contributed by atoms with Gasteiger partial charge in [0, 0.05) is 11.1 Å². The second-order valence-corrected chi connectivity index (χ2v) is 7.11. The summed E-state index contributed by atoms with van der Waals surface area (Å²) in [5, 5.41) is 0.0550. The molecule has 2 rings (SSSR count). The van der Waals surface area contributed by atoms with Crippen LogP contribution in [0.3, 0.4) is 0 Å². The zero-order valence-corrected chi connectivity index (χ0v) is 16.2. The van der Waals surface area contributed by atoms with E-state index in [1.807, 2.05) is 0 Å². The first-order valence-electron chi connectivity index (χ1n) is 5.34. The van der Waals surface area contributed by atoms with Crippen molar-refractivity contribution < 1.29 is 0 Å². The maximum atomic E-state index is 6.21. The van der Waals surface area contributed by atoms with E-state index in [1.165, 1.54) is 0 Å². The molecule has 0 spiro atoms.